The molecular weight excluding hydrogens is 122 g/mol. The Morgan fingerprint density at radius 3 is 1.29 bits per heavy atom. The van der Waals surface area contributed by atoms with Crippen LogP contribution in [0.25, 0.3) is 0 Å². The maximum absolute atomic E-state index is 2.18. The van der Waals surface area contributed by atoms with Crippen molar-refractivity contribution in [3.05, 3.63) is 0 Å². The summed E-state index contributed by atoms with van der Waals surface area (Å²) >= 11 is 2.00. The summed E-state index contributed by atoms with van der Waals surface area (Å²) in [6.45, 7) is 4.36. The second kappa shape index (κ2) is 15.6. The number of halogens is 2. The van der Waals surface area contributed by atoms with Crippen LogP contribution in [-0.4, -0.2) is 21.7 Å². The van der Waals surface area contributed by atoms with Gasteiger partial charge in [-0.3, -0.25) is 0 Å². The monoisotopic (exact) mass is 128 g/mol. The predicted octanol–water partition coefficient (Wildman–Crippen LogP) is -8.00. The molecular formula is C3H7ClFLiMg. The van der Waals surface area contributed by atoms with Gasteiger partial charge in [0, 0.05) is 0 Å². The summed E-state index contributed by atoms with van der Waals surface area (Å²) < 4.78 is 0.861. The van der Waals surface area contributed by atoms with Crippen molar-refractivity contribution in [1.29, 1.82) is 0 Å². The van der Waals surface area contributed by atoms with Crippen molar-refractivity contribution in [2.45, 2.75) is 17.9 Å². The first kappa shape index (κ1) is 23.5. The third-order valence-electron chi connectivity index (χ3n) is 0. The van der Waals surface area contributed by atoms with Crippen LogP contribution >= 0.6 is 0 Å². The Morgan fingerprint density at radius 2 is 1.29 bits per heavy atom. The normalized spacial score (nSPS) is 5.29. The summed E-state index contributed by atoms with van der Waals surface area (Å²) in [6.07, 6.45) is 0. The van der Waals surface area contributed by atoms with Crippen molar-refractivity contribution in [3.8, 4) is 0 Å². The minimum atomic E-state index is 0. The van der Waals surface area contributed by atoms with E-state index in [9.17, 15) is 0 Å². The zero-order valence-electron chi connectivity index (χ0n) is 5.04. The van der Waals surface area contributed by atoms with Gasteiger partial charge in [-0.25, -0.2) is 0 Å². The number of hydrogen-bond donors (Lipinski definition) is 0. The molecule has 0 bridgehead atoms. The van der Waals surface area contributed by atoms with Gasteiger partial charge in [-0.2, -0.15) is 0 Å². The van der Waals surface area contributed by atoms with Gasteiger partial charge in [0.15, 0.2) is 0 Å². The molecule has 7 heavy (non-hydrogen) atoms. The second-order valence-corrected chi connectivity index (χ2v) is 3.03. The van der Waals surface area contributed by atoms with Gasteiger partial charge in [0.05, 0.1) is 0 Å². The van der Waals surface area contributed by atoms with Gasteiger partial charge in [-0.15, -0.1) is 0 Å². The molecule has 0 heterocycles. The van der Waals surface area contributed by atoms with Crippen LogP contribution in [0.1, 0.15) is 13.8 Å². The van der Waals surface area contributed by atoms with E-state index in [1.54, 1.807) is 0 Å². The van der Waals surface area contributed by atoms with E-state index in [4.69, 9.17) is 0 Å². The smallest absolute Gasteiger partial charge is 1.00 e. The quantitative estimate of drug-likeness (QED) is 0.285. The summed E-state index contributed by atoms with van der Waals surface area (Å²) in [5.74, 6) is 0. The Balaban J connectivity index is -0.0000000150. The van der Waals surface area contributed by atoms with Gasteiger partial charge in [0.25, 0.3) is 0 Å². The maximum atomic E-state index is 2.18. The second-order valence-electron chi connectivity index (χ2n) is 1.39. The molecule has 0 fully saturated rings. The fraction of sp³-hybridized carbons (Fsp3) is 1.00. The molecule has 0 saturated heterocycles. The summed E-state index contributed by atoms with van der Waals surface area (Å²) in [7, 11) is 0. The molecule has 0 nitrogen and oxygen atoms in total. The first-order chi connectivity index (χ1) is 1.73. The van der Waals surface area contributed by atoms with Crippen molar-refractivity contribution < 1.29 is 36.0 Å². The molecule has 0 aromatic carbocycles. The van der Waals surface area contributed by atoms with E-state index in [1.165, 1.54) is 0 Å². The van der Waals surface area contributed by atoms with Gasteiger partial charge in [0.1, 0.15) is 0 Å². The van der Waals surface area contributed by atoms with Crippen LogP contribution < -0.4 is 36.0 Å². The fourth-order valence-electron chi connectivity index (χ4n) is 0. The van der Waals surface area contributed by atoms with Gasteiger partial charge in [-0.1, -0.05) is 0 Å². The topological polar surface area (TPSA) is 0 Å². The summed E-state index contributed by atoms with van der Waals surface area (Å²) in [5, 5.41) is 0. The molecule has 0 saturated carbocycles. The zero-order valence-corrected chi connectivity index (χ0v) is 7.21. The van der Waals surface area contributed by atoms with Crippen molar-refractivity contribution in [3.63, 3.8) is 0 Å². The number of hydrogen-bond acceptors (Lipinski definition) is 0. The van der Waals surface area contributed by atoms with Crippen LogP contribution in [-0.2, 0) is 0 Å². The minimum Gasteiger partial charge on any atom is -1.00 e. The van der Waals surface area contributed by atoms with Crippen LogP contribution in [0.2, 0.25) is 4.05 Å². The third kappa shape index (κ3) is 94.3. The number of rotatable bonds is 0. The van der Waals surface area contributed by atoms with Crippen LogP contribution in [0, 0.1) is 0 Å². The first-order valence-corrected chi connectivity index (χ1v) is 2.38. The average molecular weight is 129 g/mol. The molecule has 0 aliphatic rings. The van der Waals surface area contributed by atoms with Crippen LogP contribution in [0.5, 0.6) is 0 Å². The molecule has 0 spiro atoms. The van der Waals surface area contributed by atoms with E-state index in [1.807, 2.05) is 21.7 Å². The van der Waals surface area contributed by atoms with Crippen LogP contribution in [0.15, 0.2) is 0 Å². The molecule has 0 aliphatic heterocycles. The van der Waals surface area contributed by atoms with E-state index in [2.05, 4.69) is 13.8 Å². The molecule has 0 atom stereocenters. The van der Waals surface area contributed by atoms with E-state index in [-0.39, 0.29) is 36.0 Å². The van der Waals surface area contributed by atoms with Crippen molar-refractivity contribution in [2.75, 3.05) is 0 Å². The molecule has 0 aliphatic carbocycles. The molecule has 0 rings (SSSR count). The molecule has 0 unspecified atom stereocenters. The van der Waals surface area contributed by atoms with E-state index < -0.39 is 0 Å². The van der Waals surface area contributed by atoms with Crippen molar-refractivity contribution in [1.82, 2.24) is 0 Å². The molecule has 4 heteroatoms. The molecule has 0 N–H and O–H groups in total. The Bertz CT molecular complexity index is 19.7. The third-order valence-corrected chi connectivity index (χ3v) is 0. The van der Waals surface area contributed by atoms with Crippen molar-refractivity contribution in [2.24, 2.45) is 0 Å². The summed E-state index contributed by atoms with van der Waals surface area (Å²) in [6, 6.07) is 0. The average Bonchev–Trinajstić information content (AvgIpc) is 0.811. The Kier molecular flexibility index (Phi) is 52.5. The van der Waals surface area contributed by atoms with E-state index in [0.29, 0.717) is 0 Å². The first-order valence-electron chi connectivity index (χ1n) is 1.56. The van der Waals surface area contributed by atoms with Gasteiger partial charge in [0.2, 0.25) is 0 Å². The molecule has 0 amide bonds. The van der Waals surface area contributed by atoms with Gasteiger partial charge in [-0.05, 0) is 0 Å². The molecule has 0 radical (unpaired) electrons. The summed E-state index contributed by atoms with van der Waals surface area (Å²) in [5.41, 5.74) is 0. The van der Waals surface area contributed by atoms with Crippen molar-refractivity contribution >= 4 is 21.7 Å². The van der Waals surface area contributed by atoms with Crippen LogP contribution in [0.4, 0.5) is 0 Å². The molecule has 0 aromatic rings. The zero-order chi connectivity index (χ0) is 3.58. The Morgan fingerprint density at radius 1 is 1.29 bits per heavy atom. The summed E-state index contributed by atoms with van der Waals surface area (Å²) in [4.78, 5) is 0. The standard InChI is InChI=1S/C3H7.ClH.FH.Li.Mg/c1-3-2;;;;/h3H,1-2H3;2*1H;;/q;;;2*+1/p-2. The Hall–Kier alpha value is 1.58. The minimum absolute atomic E-state index is 0. The maximum Gasteiger partial charge on any atom is 1.00 e. The van der Waals surface area contributed by atoms with Gasteiger partial charge >= 0.3 is 58.5 Å². The predicted molar refractivity (Wildman–Crippen MR) is 20.9 cm³/mol. The largest absolute Gasteiger partial charge is 1.00 e. The van der Waals surface area contributed by atoms with Gasteiger partial charge < -0.3 is 17.1 Å². The SMILES string of the molecule is C[CH](C)[Mg+].[Cl-].[F-].[Li+]. The van der Waals surface area contributed by atoms with Crippen LogP contribution in [0.3, 0.4) is 0 Å². The van der Waals surface area contributed by atoms with E-state index in [0.717, 1.165) is 4.05 Å². The Labute approximate surface area is 75.2 Å². The fourth-order valence-corrected chi connectivity index (χ4v) is 0. The molecule has 0 aromatic heterocycles. The molecule has 36 valence electrons. The van der Waals surface area contributed by atoms with E-state index >= 15 is 0 Å².